The molecule has 0 saturated carbocycles. The first-order chi connectivity index (χ1) is 12.2. The molecule has 2 aromatic rings. The Kier molecular flexibility index (Phi) is 6.00. The summed E-state index contributed by atoms with van der Waals surface area (Å²) in [5.74, 6) is 0.821. The van der Waals surface area contributed by atoms with E-state index in [1.165, 1.54) is 0 Å². The highest BCUT2D eigenvalue weighted by Crippen LogP contribution is 2.27. The molecule has 2 aromatic carbocycles. The Labute approximate surface area is 159 Å². The largest absolute Gasteiger partial charge is 0.492 e. The van der Waals surface area contributed by atoms with Crippen molar-refractivity contribution in [2.24, 2.45) is 0 Å². The number of para-hydroxylation sites is 3. The Bertz CT molecular complexity index is 732. The summed E-state index contributed by atoms with van der Waals surface area (Å²) in [6, 6.07) is 15.8. The molecule has 1 heterocycles. The van der Waals surface area contributed by atoms with Crippen LogP contribution >= 0.6 is 23.8 Å². The summed E-state index contributed by atoms with van der Waals surface area (Å²) in [5, 5.41) is 4.84. The van der Waals surface area contributed by atoms with Gasteiger partial charge in [-0.15, -0.1) is 0 Å². The molecule has 0 amide bonds. The van der Waals surface area contributed by atoms with E-state index in [4.69, 9.17) is 28.6 Å². The van der Waals surface area contributed by atoms with Crippen molar-refractivity contribution in [3.8, 4) is 5.75 Å². The van der Waals surface area contributed by atoms with Gasteiger partial charge in [0, 0.05) is 26.2 Å². The maximum Gasteiger partial charge on any atom is 0.173 e. The van der Waals surface area contributed by atoms with E-state index in [2.05, 4.69) is 21.2 Å². The van der Waals surface area contributed by atoms with Crippen LogP contribution in [0.1, 0.15) is 6.92 Å². The summed E-state index contributed by atoms with van der Waals surface area (Å²) in [6.07, 6.45) is 0. The van der Waals surface area contributed by atoms with E-state index >= 15 is 0 Å². The predicted molar refractivity (Wildman–Crippen MR) is 109 cm³/mol. The van der Waals surface area contributed by atoms with E-state index in [1.54, 1.807) is 0 Å². The summed E-state index contributed by atoms with van der Waals surface area (Å²) in [4.78, 5) is 4.49. The lowest BCUT2D eigenvalue weighted by atomic mass is 10.2. The van der Waals surface area contributed by atoms with Crippen LogP contribution in [0.25, 0.3) is 0 Å². The number of halogens is 1. The fourth-order valence-electron chi connectivity index (χ4n) is 2.90. The molecule has 0 radical (unpaired) electrons. The van der Waals surface area contributed by atoms with Crippen molar-refractivity contribution in [1.82, 2.24) is 4.90 Å². The Hall–Kier alpha value is -1.98. The van der Waals surface area contributed by atoms with E-state index in [9.17, 15) is 0 Å². The number of ether oxygens (including phenoxy) is 1. The van der Waals surface area contributed by atoms with Crippen LogP contribution < -0.4 is 15.0 Å². The van der Waals surface area contributed by atoms with E-state index < -0.39 is 0 Å². The van der Waals surface area contributed by atoms with Gasteiger partial charge >= 0.3 is 0 Å². The van der Waals surface area contributed by atoms with Gasteiger partial charge in [0.05, 0.1) is 23.0 Å². The second-order valence-electron chi connectivity index (χ2n) is 5.78. The molecule has 4 nitrogen and oxygen atoms in total. The van der Waals surface area contributed by atoms with Gasteiger partial charge in [-0.2, -0.15) is 0 Å². The van der Waals surface area contributed by atoms with Crippen LogP contribution in [0.3, 0.4) is 0 Å². The third-order valence-corrected chi connectivity index (χ3v) is 4.87. The van der Waals surface area contributed by atoms with Crippen LogP contribution in [0, 0.1) is 0 Å². The van der Waals surface area contributed by atoms with Crippen molar-refractivity contribution >= 4 is 40.3 Å². The van der Waals surface area contributed by atoms with Crippen LogP contribution in [0.2, 0.25) is 5.02 Å². The van der Waals surface area contributed by atoms with Crippen LogP contribution in [-0.2, 0) is 0 Å². The number of rotatable bonds is 4. The number of nitrogens with zero attached hydrogens (tertiary/aromatic N) is 2. The molecule has 0 bridgehead atoms. The molecule has 132 valence electrons. The Balaban J connectivity index is 1.60. The zero-order valence-electron chi connectivity index (χ0n) is 14.2. The lowest BCUT2D eigenvalue weighted by Gasteiger charge is -2.37. The summed E-state index contributed by atoms with van der Waals surface area (Å²) >= 11 is 11.9. The molecule has 1 aliphatic heterocycles. The number of piperazine rings is 1. The first-order valence-electron chi connectivity index (χ1n) is 8.46. The number of thiocarbonyl (C=S) groups is 1. The van der Waals surface area contributed by atoms with Crippen LogP contribution in [0.15, 0.2) is 48.5 Å². The second-order valence-corrected chi connectivity index (χ2v) is 6.58. The van der Waals surface area contributed by atoms with Crippen molar-refractivity contribution in [1.29, 1.82) is 0 Å². The Morgan fingerprint density at radius 1 is 1.08 bits per heavy atom. The zero-order valence-corrected chi connectivity index (χ0v) is 15.8. The molecule has 0 atom stereocenters. The third kappa shape index (κ3) is 4.35. The molecule has 0 aliphatic carbocycles. The Morgan fingerprint density at radius 2 is 1.76 bits per heavy atom. The fourth-order valence-corrected chi connectivity index (χ4v) is 3.45. The van der Waals surface area contributed by atoms with Gasteiger partial charge in [0.1, 0.15) is 5.75 Å². The van der Waals surface area contributed by atoms with E-state index in [0.29, 0.717) is 6.61 Å². The average Bonchev–Trinajstić information content (AvgIpc) is 2.64. The van der Waals surface area contributed by atoms with Gasteiger partial charge in [0.2, 0.25) is 0 Å². The predicted octanol–water partition coefficient (Wildman–Crippen LogP) is 4.26. The lowest BCUT2D eigenvalue weighted by molar-refractivity contribution is 0.341. The molecule has 6 heteroatoms. The maximum atomic E-state index is 6.30. The fraction of sp³-hybridized carbons (Fsp3) is 0.316. The van der Waals surface area contributed by atoms with Crippen LogP contribution in [-0.4, -0.2) is 42.8 Å². The smallest absolute Gasteiger partial charge is 0.173 e. The summed E-state index contributed by atoms with van der Waals surface area (Å²) in [5.41, 5.74) is 1.99. The van der Waals surface area contributed by atoms with Gasteiger partial charge in [-0.05, 0) is 43.4 Å². The van der Waals surface area contributed by atoms with Crippen molar-refractivity contribution in [3.05, 3.63) is 53.6 Å². The molecule has 0 aromatic heterocycles. The minimum atomic E-state index is 0.627. The monoisotopic (exact) mass is 375 g/mol. The maximum absolute atomic E-state index is 6.30. The lowest BCUT2D eigenvalue weighted by Crippen LogP contribution is -2.50. The molecular weight excluding hydrogens is 354 g/mol. The van der Waals surface area contributed by atoms with Gasteiger partial charge < -0.3 is 19.9 Å². The molecular formula is C19H22ClN3OS. The SMILES string of the molecule is CCOc1ccccc1NC(=S)N1CCN(c2ccccc2Cl)CC1. The number of hydrogen-bond donors (Lipinski definition) is 1. The molecule has 0 unspecified atom stereocenters. The standard InChI is InChI=1S/C19H22ClN3OS/c1-2-24-18-10-6-4-8-16(18)21-19(25)23-13-11-22(12-14-23)17-9-5-3-7-15(17)20/h3-10H,2,11-14H2,1H3,(H,21,25). The number of benzene rings is 2. The van der Waals surface area contributed by atoms with Crippen LogP contribution in [0.4, 0.5) is 11.4 Å². The summed E-state index contributed by atoms with van der Waals surface area (Å²) in [7, 11) is 0. The number of anilines is 2. The zero-order chi connectivity index (χ0) is 17.6. The second kappa shape index (κ2) is 8.41. The molecule has 25 heavy (non-hydrogen) atoms. The molecule has 1 aliphatic rings. The van der Waals surface area contributed by atoms with Crippen molar-refractivity contribution < 1.29 is 4.74 Å². The van der Waals surface area contributed by atoms with Crippen molar-refractivity contribution in [2.45, 2.75) is 6.92 Å². The number of hydrogen-bond acceptors (Lipinski definition) is 3. The van der Waals surface area contributed by atoms with Gasteiger partial charge in [-0.1, -0.05) is 35.9 Å². The van der Waals surface area contributed by atoms with Gasteiger partial charge in [-0.3, -0.25) is 0 Å². The van der Waals surface area contributed by atoms with Gasteiger partial charge in [0.25, 0.3) is 0 Å². The highest BCUT2D eigenvalue weighted by molar-refractivity contribution is 7.80. The van der Waals surface area contributed by atoms with Gasteiger partial charge in [0.15, 0.2) is 5.11 Å². The molecule has 1 fully saturated rings. The van der Waals surface area contributed by atoms with E-state index in [1.807, 2.05) is 49.4 Å². The highest BCUT2D eigenvalue weighted by atomic mass is 35.5. The van der Waals surface area contributed by atoms with Gasteiger partial charge in [-0.25, -0.2) is 0 Å². The van der Waals surface area contributed by atoms with Crippen molar-refractivity contribution in [3.63, 3.8) is 0 Å². The Morgan fingerprint density at radius 3 is 2.48 bits per heavy atom. The quantitative estimate of drug-likeness (QED) is 0.806. The molecule has 3 rings (SSSR count). The molecule has 0 spiro atoms. The summed E-state index contributed by atoms with van der Waals surface area (Å²) < 4.78 is 5.65. The normalized spacial score (nSPS) is 14.3. The average molecular weight is 376 g/mol. The van der Waals surface area contributed by atoms with E-state index in [-0.39, 0.29) is 0 Å². The highest BCUT2D eigenvalue weighted by Gasteiger charge is 2.21. The first-order valence-corrected chi connectivity index (χ1v) is 9.25. The van der Waals surface area contributed by atoms with E-state index in [0.717, 1.165) is 53.4 Å². The topological polar surface area (TPSA) is 27.7 Å². The van der Waals surface area contributed by atoms with Crippen LogP contribution in [0.5, 0.6) is 5.75 Å². The molecule has 1 N–H and O–H groups in total. The minimum Gasteiger partial charge on any atom is -0.492 e. The van der Waals surface area contributed by atoms with Crippen molar-refractivity contribution in [2.75, 3.05) is 43.0 Å². The summed E-state index contributed by atoms with van der Waals surface area (Å²) in [6.45, 7) is 6.09. The number of nitrogens with one attached hydrogen (secondary N) is 1. The first kappa shape index (κ1) is 17.8. The third-order valence-electron chi connectivity index (χ3n) is 4.19. The molecule has 1 saturated heterocycles. The minimum absolute atomic E-state index is 0.627.